The Hall–Kier alpha value is -3.00. The SMILES string of the molecule is C[C@@H]1CC[C@H]2C(=O)N(c3ccc(C(=O)OCC(=O)Nc4ccc(Br)cc4)cc3)C(=O)[C@@H]2C1. The number of benzene rings is 2. The number of rotatable bonds is 5. The number of esters is 1. The molecule has 1 saturated carbocycles. The van der Waals surface area contributed by atoms with E-state index in [9.17, 15) is 19.2 Å². The minimum Gasteiger partial charge on any atom is -0.452 e. The Bertz CT molecular complexity index is 1050. The molecule has 1 saturated heterocycles. The lowest BCUT2D eigenvalue weighted by atomic mass is 9.76. The highest BCUT2D eigenvalue weighted by molar-refractivity contribution is 9.10. The lowest BCUT2D eigenvalue weighted by Crippen LogP contribution is -2.30. The van der Waals surface area contributed by atoms with Crippen molar-refractivity contribution in [2.45, 2.75) is 26.2 Å². The van der Waals surface area contributed by atoms with E-state index >= 15 is 0 Å². The van der Waals surface area contributed by atoms with Gasteiger partial charge in [0.25, 0.3) is 5.91 Å². The third-order valence-corrected chi connectivity index (χ3v) is 6.54. The highest BCUT2D eigenvalue weighted by Crippen LogP contribution is 2.42. The van der Waals surface area contributed by atoms with E-state index in [1.165, 1.54) is 17.0 Å². The molecule has 1 heterocycles. The number of carbonyl (C=O) groups excluding carboxylic acids is 4. The van der Waals surface area contributed by atoms with E-state index in [1.807, 2.05) is 0 Å². The number of halogens is 1. The molecule has 4 rings (SSSR count). The molecule has 2 aromatic rings. The van der Waals surface area contributed by atoms with Crippen molar-refractivity contribution in [3.8, 4) is 0 Å². The first-order valence-corrected chi connectivity index (χ1v) is 11.3. The van der Waals surface area contributed by atoms with Crippen molar-refractivity contribution >= 4 is 51.0 Å². The Morgan fingerprint density at radius 1 is 1.00 bits per heavy atom. The van der Waals surface area contributed by atoms with Crippen molar-refractivity contribution in [1.82, 2.24) is 0 Å². The van der Waals surface area contributed by atoms with Crippen molar-refractivity contribution in [3.05, 3.63) is 58.6 Å². The average Bonchev–Trinajstić information content (AvgIpc) is 3.03. The second kappa shape index (κ2) is 9.24. The fraction of sp³-hybridized carbons (Fsp3) is 0.333. The molecule has 32 heavy (non-hydrogen) atoms. The largest absolute Gasteiger partial charge is 0.452 e. The van der Waals surface area contributed by atoms with Crippen LogP contribution in [0.5, 0.6) is 0 Å². The van der Waals surface area contributed by atoms with E-state index < -0.39 is 18.5 Å². The van der Waals surface area contributed by atoms with Gasteiger partial charge >= 0.3 is 5.97 Å². The van der Waals surface area contributed by atoms with Crippen molar-refractivity contribution in [3.63, 3.8) is 0 Å². The molecule has 2 aliphatic rings. The van der Waals surface area contributed by atoms with Crippen LogP contribution in [0.3, 0.4) is 0 Å². The Kier molecular flexibility index (Phi) is 6.41. The number of fused-ring (bicyclic) bond motifs is 1. The minimum atomic E-state index is -0.663. The smallest absolute Gasteiger partial charge is 0.338 e. The van der Waals surface area contributed by atoms with Gasteiger partial charge < -0.3 is 10.1 Å². The molecule has 3 atom stereocenters. The van der Waals surface area contributed by atoms with Crippen LogP contribution in [0.15, 0.2) is 53.0 Å². The van der Waals surface area contributed by atoms with E-state index in [1.54, 1.807) is 36.4 Å². The van der Waals surface area contributed by atoms with Crippen molar-refractivity contribution in [1.29, 1.82) is 0 Å². The third kappa shape index (κ3) is 4.60. The molecule has 2 aromatic carbocycles. The van der Waals surface area contributed by atoms with Crippen molar-refractivity contribution in [2.24, 2.45) is 17.8 Å². The lowest BCUT2D eigenvalue weighted by molar-refractivity contribution is -0.122. The maximum absolute atomic E-state index is 12.8. The molecule has 8 heteroatoms. The van der Waals surface area contributed by atoms with Gasteiger partial charge in [0.2, 0.25) is 11.8 Å². The predicted molar refractivity (Wildman–Crippen MR) is 122 cm³/mol. The van der Waals surface area contributed by atoms with Crippen LogP contribution in [0, 0.1) is 17.8 Å². The second-order valence-electron chi connectivity index (χ2n) is 8.32. The number of ether oxygens (including phenoxy) is 1. The van der Waals surface area contributed by atoms with Gasteiger partial charge in [0.15, 0.2) is 6.61 Å². The number of amides is 3. The van der Waals surface area contributed by atoms with E-state index in [0.717, 1.165) is 23.7 Å². The quantitative estimate of drug-likeness (QED) is 0.493. The maximum atomic E-state index is 12.8. The molecule has 3 amide bonds. The van der Waals surface area contributed by atoms with E-state index in [2.05, 4.69) is 28.2 Å². The highest BCUT2D eigenvalue weighted by Gasteiger charge is 2.49. The number of anilines is 2. The van der Waals surface area contributed by atoms with E-state index in [4.69, 9.17) is 4.74 Å². The summed E-state index contributed by atoms with van der Waals surface area (Å²) in [5, 5.41) is 2.64. The summed E-state index contributed by atoms with van der Waals surface area (Å²) < 4.78 is 5.96. The number of hydrogen-bond donors (Lipinski definition) is 1. The summed E-state index contributed by atoms with van der Waals surface area (Å²) >= 11 is 3.32. The van der Waals surface area contributed by atoms with Gasteiger partial charge in [-0.25, -0.2) is 4.79 Å². The number of carbonyl (C=O) groups is 4. The summed E-state index contributed by atoms with van der Waals surface area (Å²) in [5.74, 6) is -1.50. The molecule has 0 bridgehead atoms. The summed E-state index contributed by atoms with van der Waals surface area (Å²) in [6.07, 6.45) is 2.42. The number of nitrogens with one attached hydrogen (secondary N) is 1. The summed E-state index contributed by atoms with van der Waals surface area (Å²) in [5.41, 5.74) is 1.27. The summed E-state index contributed by atoms with van der Waals surface area (Å²) in [6, 6.07) is 13.1. The molecule has 166 valence electrons. The molecule has 0 unspecified atom stereocenters. The number of hydrogen-bond acceptors (Lipinski definition) is 5. The fourth-order valence-electron chi connectivity index (χ4n) is 4.34. The normalized spacial score (nSPS) is 22.4. The van der Waals surface area contributed by atoms with Gasteiger partial charge in [-0.1, -0.05) is 22.9 Å². The summed E-state index contributed by atoms with van der Waals surface area (Å²) in [6.45, 7) is 1.68. The Balaban J connectivity index is 1.35. The van der Waals surface area contributed by atoms with E-state index in [0.29, 0.717) is 17.3 Å². The first-order valence-electron chi connectivity index (χ1n) is 10.5. The van der Waals surface area contributed by atoms with Gasteiger partial charge in [-0.3, -0.25) is 19.3 Å². The Labute approximate surface area is 194 Å². The lowest BCUT2D eigenvalue weighted by Gasteiger charge is -2.25. The van der Waals surface area contributed by atoms with Gasteiger partial charge in [-0.05, 0) is 73.7 Å². The fourth-order valence-corrected chi connectivity index (χ4v) is 4.60. The Morgan fingerprint density at radius 3 is 2.34 bits per heavy atom. The second-order valence-corrected chi connectivity index (χ2v) is 9.24. The van der Waals surface area contributed by atoms with Crippen LogP contribution < -0.4 is 10.2 Å². The molecule has 1 N–H and O–H groups in total. The monoisotopic (exact) mass is 498 g/mol. The van der Waals surface area contributed by atoms with Crippen LogP contribution in [-0.4, -0.2) is 30.3 Å². The van der Waals surface area contributed by atoms with Crippen LogP contribution in [0.4, 0.5) is 11.4 Å². The zero-order valence-electron chi connectivity index (χ0n) is 17.5. The van der Waals surface area contributed by atoms with Crippen molar-refractivity contribution in [2.75, 3.05) is 16.8 Å². The number of nitrogens with zero attached hydrogens (tertiary/aromatic N) is 1. The summed E-state index contributed by atoms with van der Waals surface area (Å²) in [4.78, 5) is 51.2. The zero-order valence-corrected chi connectivity index (χ0v) is 19.1. The average molecular weight is 499 g/mol. The van der Waals surface area contributed by atoms with Gasteiger partial charge in [0.1, 0.15) is 0 Å². The van der Waals surface area contributed by atoms with Crippen LogP contribution in [0.1, 0.15) is 36.5 Å². The Morgan fingerprint density at radius 2 is 1.66 bits per heavy atom. The van der Waals surface area contributed by atoms with Gasteiger partial charge in [0.05, 0.1) is 23.1 Å². The molecule has 1 aliphatic carbocycles. The number of imide groups is 1. The molecular formula is C24H23BrN2O5. The van der Waals surface area contributed by atoms with Crippen LogP contribution in [0.2, 0.25) is 0 Å². The van der Waals surface area contributed by atoms with Gasteiger partial charge in [0, 0.05) is 10.2 Å². The third-order valence-electron chi connectivity index (χ3n) is 6.01. The van der Waals surface area contributed by atoms with Crippen molar-refractivity contribution < 1.29 is 23.9 Å². The molecule has 1 aliphatic heterocycles. The first kappa shape index (κ1) is 22.2. The predicted octanol–water partition coefficient (Wildman–Crippen LogP) is 4.17. The molecule has 7 nitrogen and oxygen atoms in total. The van der Waals surface area contributed by atoms with E-state index in [-0.39, 0.29) is 29.2 Å². The van der Waals surface area contributed by atoms with Gasteiger partial charge in [-0.2, -0.15) is 0 Å². The molecule has 2 fully saturated rings. The molecule has 0 aromatic heterocycles. The van der Waals surface area contributed by atoms with Crippen LogP contribution >= 0.6 is 15.9 Å². The highest BCUT2D eigenvalue weighted by atomic mass is 79.9. The maximum Gasteiger partial charge on any atom is 0.338 e. The summed E-state index contributed by atoms with van der Waals surface area (Å²) in [7, 11) is 0. The van der Waals surface area contributed by atoms with Crippen LogP contribution in [-0.2, 0) is 19.1 Å². The molecule has 0 spiro atoms. The van der Waals surface area contributed by atoms with Gasteiger partial charge in [-0.15, -0.1) is 0 Å². The first-order chi connectivity index (χ1) is 15.3. The van der Waals surface area contributed by atoms with Crippen LogP contribution in [0.25, 0.3) is 0 Å². The zero-order chi connectivity index (χ0) is 22.8. The molecule has 0 radical (unpaired) electrons. The standard InChI is InChI=1S/C24H23BrN2O5/c1-14-2-11-19-20(12-14)23(30)27(22(19)29)18-9-3-15(4-10-18)24(31)32-13-21(28)26-17-7-5-16(25)6-8-17/h3-10,14,19-20H,2,11-13H2,1H3,(H,26,28)/t14-,19-,20-/m1/s1. The minimum absolute atomic E-state index is 0.160. The molecular weight excluding hydrogens is 476 g/mol. The topological polar surface area (TPSA) is 92.8 Å².